The zero-order chi connectivity index (χ0) is 6.12. The Hall–Kier alpha value is -1.46. The average Bonchev–Trinajstić information content (AvgIpc) is 1.69. The summed E-state index contributed by atoms with van der Waals surface area (Å²) in [6.07, 6.45) is 0.250. The second-order valence-corrected chi connectivity index (χ2v) is 0.287. The topological polar surface area (TPSA) is 68.3 Å². The summed E-state index contributed by atoms with van der Waals surface area (Å²) >= 11 is 0. The lowest BCUT2D eigenvalue weighted by molar-refractivity contribution is -0.191. The molecule has 0 bridgehead atoms. The molecule has 0 N–H and O–H groups in total. The van der Waals surface area contributed by atoms with E-state index in [-0.39, 0.29) is 32.7 Å². The van der Waals surface area contributed by atoms with Crippen molar-refractivity contribution in [3.63, 3.8) is 0 Å². The first-order valence-corrected chi connectivity index (χ1v) is 1.07. The lowest BCUT2D eigenvalue weighted by Gasteiger charge is -1.07. The van der Waals surface area contributed by atoms with Crippen molar-refractivity contribution >= 4 is 18.0 Å². The van der Waals surface area contributed by atoms with E-state index in [1.54, 1.807) is 0 Å². The molecule has 0 aliphatic carbocycles. The SMILES string of the molecule is C.C.C.O=C=C=O.O=C=O.[HH].[HH].[HH]. The zero-order valence-corrected chi connectivity index (χ0v) is 3.13. The van der Waals surface area contributed by atoms with Gasteiger partial charge in [0.25, 0.3) is 0 Å². The van der Waals surface area contributed by atoms with Crippen LogP contribution >= 0.6 is 0 Å². The minimum Gasteiger partial charge on any atom is -0.221 e. The summed E-state index contributed by atoms with van der Waals surface area (Å²) in [6, 6.07) is 0. The van der Waals surface area contributed by atoms with E-state index in [1.807, 2.05) is 0 Å². The second kappa shape index (κ2) is 136. The quantitative estimate of drug-likeness (QED) is 0.493. The predicted molar refractivity (Wildman–Crippen MR) is 42.9 cm³/mol. The maximum Gasteiger partial charge on any atom is 0.373 e. The summed E-state index contributed by atoms with van der Waals surface area (Å²) in [5.74, 6) is 1.75. The van der Waals surface area contributed by atoms with Crippen LogP contribution in [0, 0.1) is 0 Å². The van der Waals surface area contributed by atoms with E-state index in [0.717, 1.165) is 11.9 Å². The fourth-order valence-corrected chi connectivity index (χ4v) is 0. The van der Waals surface area contributed by atoms with Crippen molar-refractivity contribution in [1.29, 1.82) is 0 Å². The molecule has 4 nitrogen and oxygen atoms in total. The molecule has 0 aromatic heterocycles. The summed E-state index contributed by atoms with van der Waals surface area (Å²) < 4.78 is 0. The molecule has 0 radical (unpaired) electrons. The van der Waals surface area contributed by atoms with Crippen LogP contribution in [0.4, 0.5) is 0 Å². The van der Waals surface area contributed by atoms with Gasteiger partial charge in [-0.2, -0.15) is 9.59 Å². The lowest BCUT2D eigenvalue weighted by atomic mass is 11.2. The molecule has 0 aromatic carbocycles. The first-order valence-electron chi connectivity index (χ1n) is 1.07. The Kier molecular flexibility index (Phi) is 527. The number of carbonyl (C=O) groups excluding carboxylic acids is 4. The Morgan fingerprint density at radius 2 is 0.800 bits per heavy atom. The van der Waals surface area contributed by atoms with E-state index in [2.05, 4.69) is 0 Å². The molecule has 0 fully saturated rings. The van der Waals surface area contributed by atoms with E-state index in [9.17, 15) is 0 Å². The van der Waals surface area contributed by atoms with Gasteiger partial charge in [-0.15, -0.1) is 0 Å². The fraction of sp³-hybridized carbons (Fsp3) is 0.500. The van der Waals surface area contributed by atoms with Crippen molar-refractivity contribution in [2.75, 3.05) is 0 Å². The summed E-state index contributed by atoms with van der Waals surface area (Å²) in [5, 5.41) is 0. The Bertz CT molecular complexity index is 123. The van der Waals surface area contributed by atoms with Crippen molar-refractivity contribution < 1.29 is 23.5 Å². The van der Waals surface area contributed by atoms with E-state index in [1.165, 1.54) is 0 Å². The smallest absolute Gasteiger partial charge is 0.221 e. The largest absolute Gasteiger partial charge is 0.373 e. The molecular formula is C6H18O4. The van der Waals surface area contributed by atoms with Gasteiger partial charge in [-0.05, 0) is 0 Å². The summed E-state index contributed by atoms with van der Waals surface area (Å²) in [7, 11) is 0. The molecule has 10 heavy (non-hydrogen) atoms. The maximum absolute atomic E-state index is 8.62. The van der Waals surface area contributed by atoms with Crippen molar-refractivity contribution in [2.24, 2.45) is 0 Å². The molecule has 4 heteroatoms. The van der Waals surface area contributed by atoms with E-state index in [4.69, 9.17) is 19.2 Å². The lowest BCUT2D eigenvalue weighted by Crippen LogP contribution is -1.38. The first-order chi connectivity index (χ1) is 3.33. The Morgan fingerprint density at radius 1 is 0.700 bits per heavy atom. The predicted octanol–water partition coefficient (Wildman–Crippen LogP) is 1.27. The van der Waals surface area contributed by atoms with Gasteiger partial charge in [0.1, 0.15) is 0 Å². The molecule has 0 aliphatic rings. The summed E-state index contributed by atoms with van der Waals surface area (Å²) in [6.45, 7) is 0. The van der Waals surface area contributed by atoms with Gasteiger partial charge in [0, 0.05) is 4.28 Å². The number of hydrogen-bond acceptors (Lipinski definition) is 4. The van der Waals surface area contributed by atoms with Gasteiger partial charge in [-0.25, -0.2) is 9.59 Å². The zero-order valence-electron chi connectivity index (χ0n) is 3.13. The molecule has 0 saturated heterocycles. The van der Waals surface area contributed by atoms with Crippen LogP contribution in [-0.4, -0.2) is 18.0 Å². The Morgan fingerprint density at radius 3 is 0.800 bits per heavy atom. The standard InChI is InChI=1S/C2O2.CO2.3CH4.3H2/c3-1-2-4;2-1-3;;;;;;/h;;3*1H4;3*1H. The van der Waals surface area contributed by atoms with Crippen LogP contribution in [0.25, 0.3) is 0 Å². The highest BCUT2D eigenvalue weighted by Crippen LogP contribution is 0.915. The molecule has 0 aromatic rings. The van der Waals surface area contributed by atoms with Gasteiger partial charge < -0.3 is 0 Å². The average molecular weight is 154 g/mol. The third kappa shape index (κ3) is 949. The van der Waals surface area contributed by atoms with E-state index < -0.39 is 0 Å². The molecule has 0 saturated carbocycles. The van der Waals surface area contributed by atoms with Crippen LogP contribution in [0.5, 0.6) is 0 Å². The van der Waals surface area contributed by atoms with Gasteiger partial charge in [-0.1, -0.05) is 22.3 Å². The van der Waals surface area contributed by atoms with Gasteiger partial charge in [0.05, 0.1) is 0 Å². The molecule has 0 rings (SSSR count). The van der Waals surface area contributed by atoms with E-state index in [0.29, 0.717) is 0 Å². The van der Waals surface area contributed by atoms with Crippen LogP contribution in [-0.2, 0) is 19.2 Å². The third-order valence-corrected chi connectivity index (χ3v) is 0.0417. The fourth-order valence-electron chi connectivity index (χ4n) is 0. The van der Waals surface area contributed by atoms with Crippen LogP contribution in [0.1, 0.15) is 26.6 Å². The van der Waals surface area contributed by atoms with Crippen LogP contribution < -0.4 is 0 Å². The van der Waals surface area contributed by atoms with Crippen molar-refractivity contribution in [3.05, 3.63) is 0 Å². The Labute approximate surface area is 65.0 Å². The van der Waals surface area contributed by atoms with Gasteiger partial charge in [0.2, 0.25) is 11.9 Å². The summed E-state index contributed by atoms with van der Waals surface area (Å²) in [5.41, 5.74) is 0. The normalized spacial score (nSPS) is 2.00. The number of hydrogen-bond donors (Lipinski definition) is 0. The van der Waals surface area contributed by atoms with Crippen LogP contribution in [0.2, 0.25) is 0 Å². The highest BCUT2D eigenvalue weighted by molar-refractivity contribution is 5.81. The van der Waals surface area contributed by atoms with Crippen molar-refractivity contribution in [3.8, 4) is 0 Å². The van der Waals surface area contributed by atoms with Gasteiger partial charge in [0.15, 0.2) is 0 Å². The van der Waals surface area contributed by atoms with Crippen LogP contribution in [0.15, 0.2) is 0 Å². The molecule has 0 amide bonds. The molecule has 66 valence electrons. The molecule has 0 atom stereocenters. The first kappa shape index (κ1) is 38.7. The highest BCUT2D eigenvalue weighted by atomic mass is 16.2. The minimum atomic E-state index is 0. The maximum atomic E-state index is 8.62. The van der Waals surface area contributed by atoms with E-state index >= 15 is 0 Å². The second-order valence-electron chi connectivity index (χ2n) is 0.287. The minimum absolute atomic E-state index is 0. The molecular weight excluding hydrogens is 136 g/mol. The van der Waals surface area contributed by atoms with Crippen LogP contribution in [0.3, 0.4) is 0 Å². The molecule has 0 spiro atoms. The van der Waals surface area contributed by atoms with Crippen molar-refractivity contribution in [2.45, 2.75) is 22.3 Å². The molecule has 0 aliphatic heterocycles. The molecule has 0 heterocycles. The van der Waals surface area contributed by atoms with Gasteiger partial charge >= 0.3 is 6.15 Å². The molecule has 0 unspecified atom stereocenters. The van der Waals surface area contributed by atoms with Crippen molar-refractivity contribution in [1.82, 2.24) is 0 Å². The summed E-state index contributed by atoms with van der Waals surface area (Å²) in [4.78, 5) is 33.5. The monoisotopic (exact) mass is 154 g/mol. The Balaban J connectivity index is -0.00000000444. The third-order valence-electron chi connectivity index (χ3n) is 0.0417. The van der Waals surface area contributed by atoms with Gasteiger partial charge in [-0.3, -0.25) is 0 Å². The highest BCUT2D eigenvalue weighted by Gasteiger charge is 1.27. The number of rotatable bonds is 0.